The molecule has 5 rings (SSSR count). The molecule has 0 spiro atoms. The van der Waals surface area contributed by atoms with Gasteiger partial charge in [0.05, 0.1) is 0 Å². The molecule has 0 unspecified atom stereocenters. The summed E-state index contributed by atoms with van der Waals surface area (Å²) in [4.78, 5) is 16.5. The van der Waals surface area contributed by atoms with Crippen molar-refractivity contribution in [2.45, 2.75) is 38.1 Å². The van der Waals surface area contributed by atoms with Gasteiger partial charge < -0.3 is 11.1 Å². The van der Waals surface area contributed by atoms with Crippen molar-refractivity contribution in [3.05, 3.63) is 23.9 Å². The molecule has 4 aliphatic rings. The molecule has 20 heavy (non-hydrogen) atoms. The maximum Gasteiger partial charge on any atom is 0.270 e. The lowest BCUT2D eigenvalue weighted by Gasteiger charge is -2.54. The van der Waals surface area contributed by atoms with Gasteiger partial charge in [0.1, 0.15) is 11.5 Å². The zero-order valence-electron chi connectivity index (χ0n) is 11.6. The smallest absolute Gasteiger partial charge is 0.270 e. The van der Waals surface area contributed by atoms with Gasteiger partial charge in [-0.3, -0.25) is 4.79 Å². The minimum Gasteiger partial charge on any atom is -0.384 e. The van der Waals surface area contributed by atoms with Crippen LogP contribution in [0.1, 0.15) is 42.6 Å². The van der Waals surface area contributed by atoms with Crippen molar-refractivity contribution in [3.63, 3.8) is 0 Å². The van der Waals surface area contributed by atoms with Crippen LogP contribution in [0.4, 0.5) is 5.82 Å². The van der Waals surface area contributed by atoms with Crippen LogP contribution < -0.4 is 11.1 Å². The number of amides is 1. The predicted octanol–water partition coefficient (Wildman–Crippen LogP) is 2.22. The molecule has 0 aromatic carbocycles. The maximum absolute atomic E-state index is 12.4. The highest BCUT2D eigenvalue weighted by atomic mass is 16.1. The van der Waals surface area contributed by atoms with E-state index in [1.54, 1.807) is 18.2 Å². The fourth-order valence-corrected chi connectivity index (χ4v) is 4.96. The summed E-state index contributed by atoms with van der Waals surface area (Å²) in [5.41, 5.74) is 6.10. The van der Waals surface area contributed by atoms with Crippen molar-refractivity contribution < 1.29 is 4.79 Å². The summed E-state index contributed by atoms with van der Waals surface area (Å²) in [7, 11) is 0. The molecule has 1 aromatic heterocycles. The molecule has 4 fully saturated rings. The molecule has 4 saturated carbocycles. The van der Waals surface area contributed by atoms with Gasteiger partial charge in [0.15, 0.2) is 0 Å². The number of carbonyl (C=O) groups is 1. The van der Waals surface area contributed by atoms with Crippen LogP contribution >= 0.6 is 0 Å². The fraction of sp³-hybridized carbons (Fsp3) is 0.625. The first-order chi connectivity index (χ1) is 9.69. The third-order valence-corrected chi connectivity index (χ3v) is 5.53. The summed E-state index contributed by atoms with van der Waals surface area (Å²) in [5.74, 6) is 3.58. The van der Waals surface area contributed by atoms with E-state index in [0.29, 0.717) is 29.4 Å². The average Bonchev–Trinajstić information content (AvgIpc) is 2.42. The number of nitrogens with zero attached hydrogens (tertiary/aromatic N) is 1. The first kappa shape index (κ1) is 12.2. The SMILES string of the molecule is Nc1cccc(C(=O)NC2C3CC4CC(C3)CC2C4)n1. The summed E-state index contributed by atoms with van der Waals surface area (Å²) in [6, 6.07) is 5.59. The number of rotatable bonds is 2. The zero-order chi connectivity index (χ0) is 13.7. The van der Waals surface area contributed by atoms with Gasteiger partial charge in [-0.15, -0.1) is 0 Å². The van der Waals surface area contributed by atoms with Gasteiger partial charge in [0.2, 0.25) is 0 Å². The molecule has 1 heterocycles. The monoisotopic (exact) mass is 271 g/mol. The maximum atomic E-state index is 12.4. The van der Waals surface area contributed by atoms with E-state index in [4.69, 9.17) is 5.73 Å². The minimum absolute atomic E-state index is 0.0604. The lowest BCUT2D eigenvalue weighted by Crippen LogP contribution is -2.55. The van der Waals surface area contributed by atoms with Gasteiger partial charge >= 0.3 is 0 Å². The molecule has 4 aliphatic carbocycles. The lowest BCUT2D eigenvalue weighted by atomic mass is 9.54. The molecule has 4 nitrogen and oxygen atoms in total. The van der Waals surface area contributed by atoms with Gasteiger partial charge in [0.25, 0.3) is 5.91 Å². The second kappa shape index (κ2) is 4.47. The van der Waals surface area contributed by atoms with Crippen LogP contribution in [0, 0.1) is 23.7 Å². The van der Waals surface area contributed by atoms with Crippen molar-refractivity contribution >= 4 is 11.7 Å². The van der Waals surface area contributed by atoms with Crippen LogP contribution in [0.25, 0.3) is 0 Å². The topological polar surface area (TPSA) is 68.0 Å². The number of aromatic nitrogens is 1. The van der Waals surface area contributed by atoms with Gasteiger partial charge in [-0.05, 0) is 67.9 Å². The van der Waals surface area contributed by atoms with Crippen molar-refractivity contribution in [1.82, 2.24) is 10.3 Å². The van der Waals surface area contributed by atoms with Crippen LogP contribution in [0.3, 0.4) is 0 Å². The van der Waals surface area contributed by atoms with Crippen molar-refractivity contribution in [1.29, 1.82) is 0 Å². The molecule has 3 N–H and O–H groups in total. The average molecular weight is 271 g/mol. The summed E-state index contributed by atoms with van der Waals surface area (Å²) in [6.07, 6.45) is 6.67. The minimum atomic E-state index is -0.0604. The molecule has 4 heteroatoms. The molecule has 1 aromatic rings. The summed E-state index contributed by atoms with van der Waals surface area (Å²) < 4.78 is 0. The van der Waals surface area contributed by atoms with E-state index < -0.39 is 0 Å². The Bertz CT molecular complexity index is 514. The van der Waals surface area contributed by atoms with E-state index in [9.17, 15) is 4.79 Å². The second-order valence-corrected chi connectivity index (χ2v) is 6.88. The zero-order valence-corrected chi connectivity index (χ0v) is 11.6. The molecule has 106 valence electrons. The molecule has 0 saturated heterocycles. The molecular weight excluding hydrogens is 250 g/mol. The quantitative estimate of drug-likeness (QED) is 0.866. The van der Waals surface area contributed by atoms with Crippen LogP contribution in [0.15, 0.2) is 18.2 Å². The number of nitrogens with two attached hydrogens (primary N) is 1. The third-order valence-electron chi connectivity index (χ3n) is 5.53. The van der Waals surface area contributed by atoms with Gasteiger partial charge in [-0.2, -0.15) is 0 Å². The highest BCUT2D eigenvalue weighted by Crippen LogP contribution is 2.53. The van der Waals surface area contributed by atoms with Crippen LogP contribution in [-0.2, 0) is 0 Å². The Morgan fingerprint density at radius 3 is 2.35 bits per heavy atom. The molecule has 0 atom stereocenters. The number of pyridine rings is 1. The highest BCUT2D eigenvalue weighted by molar-refractivity contribution is 5.92. The van der Waals surface area contributed by atoms with Crippen molar-refractivity contribution in [2.24, 2.45) is 23.7 Å². The Morgan fingerprint density at radius 2 is 1.75 bits per heavy atom. The Kier molecular flexibility index (Phi) is 2.72. The Hall–Kier alpha value is -1.58. The summed E-state index contributed by atoms with van der Waals surface area (Å²) >= 11 is 0. The predicted molar refractivity (Wildman–Crippen MR) is 76.9 cm³/mol. The Labute approximate surface area is 119 Å². The summed E-state index contributed by atoms with van der Waals surface area (Å²) in [6.45, 7) is 0. The van der Waals surface area contributed by atoms with E-state index in [0.717, 1.165) is 11.8 Å². The van der Waals surface area contributed by atoms with Crippen molar-refractivity contribution in [2.75, 3.05) is 5.73 Å². The first-order valence-electron chi connectivity index (χ1n) is 7.72. The normalized spacial score (nSPS) is 37.9. The van der Waals surface area contributed by atoms with E-state index >= 15 is 0 Å². The molecular formula is C16H21N3O. The molecule has 0 radical (unpaired) electrons. The van der Waals surface area contributed by atoms with Crippen molar-refractivity contribution in [3.8, 4) is 0 Å². The Balaban J connectivity index is 1.50. The largest absolute Gasteiger partial charge is 0.384 e. The fourth-order valence-electron chi connectivity index (χ4n) is 4.96. The first-order valence-corrected chi connectivity index (χ1v) is 7.72. The number of nitrogens with one attached hydrogen (secondary N) is 1. The van der Waals surface area contributed by atoms with E-state index in [2.05, 4.69) is 10.3 Å². The highest BCUT2D eigenvalue weighted by Gasteiger charge is 2.48. The van der Waals surface area contributed by atoms with Crippen LogP contribution in [-0.4, -0.2) is 16.9 Å². The third kappa shape index (κ3) is 1.98. The second-order valence-electron chi connectivity index (χ2n) is 6.88. The Morgan fingerprint density at radius 1 is 1.10 bits per heavy atom. The van der Waals surface area contributed by atoms with Gasteiger partial charge in [-0.25, -0.2) is 4.98 Å². The molecule has 0 aliphatic heterocycles. The lowest BCUT2D eigenvalue weighted by molar-refractivity contribution is -0.0120. The van der Waals surface area contributed by atoms with E-state index in [1.807, 2.05) is 0 Å². The molecule has 1 amide bonds. The summed E-state index contributed by atoms with van der Waals surface area (Å²) in [5, 5.41) is 3.25. The van der Waals surface area contributed by atoms with Gasteiger partial charge in [-0.1, -0.05) is 6.07 Å². The number of hydrogen-bond donors (Lipinski definition) is 2. The van der Waals surface area contributed by atoms with Crippen LogP contribution in [0.5, 0.6) is 0 Å². The standard InChI is InChI=1S/C16H21N3O/c17-14-3-1-2-13(18-14)16(20)19-15-11-5-9-4-10(7-11)8-12(15)6-9/h1-3,9-12,15H,4-8H2,(H2,17,18)(H,19,20). The van der Waals surface area contributed by atoms with E-state index in [1.165, 1.54) is 32.1 Å². The van der Waals surface area contributed by atoms with Crippen LogP contribution in [0.2, 0.25) is 0 Å². The number of nitrogen functional groups attached to an aromatic ring is 1. The van der Waals surface area contributed by atoms with Gasteiger partial charge in [0, 0.05) is 6.04 Å². The number of carbonyl (C=O) groups excluding carboxylic acids is 1. The number of anilines is 1. The molecule has 4 bridgehead atoms. The van der Waals surface area contributed by atoms with E-state index in [-0.39, 0.29) is 5.91 Å². The number of hydrogen-bond acceptors (Lipinski definition) is 3.